The van der Waals surface area contributed by atoms with Crippen molar-refractivity contribution in [3.8, 4) is 23.0 Å². The lowest BCUT2D eigenvalue weighted by Gasteiger charge is -2.23. The van der Waals surface area contributed by atoms with Crippen molar-refractivity contribution in [1.29, 1.82) is 0 Å². The molecular weight excluding hydrogens is 798 g/mol. The fourth-order valence-corrected chi connectivity index (χ4v) is 6.40. The second-order valence-corrected chi connectivity index (χ2v) is 14.3. The number of aromatic hydroxyl groups is 1. The summed E-state index contributed by atoms with van der Waals surface area (Å²) in [7, 11) is 5.35. The number of hydrogen-bond donors (Lipinski definition) is 1. The zero-order chi connectivity index (χ0) is 44.7. The maximum atomic E-state index is 12.9. The third-order valence-corrected chi connectivity index (χ3v) is 9.96. The van der Waals surface area contributed by atoms with Crippen molar-refractivity contribution in [2.45, 2.75) is 66.2 Å². The summed E-state index contributed by atoms with van der Waals surface area (Å²) >= 11 is 0. The molecule has 3 aromatic carbocycles. The van der Waals surface area contributed by atoms with E-state index in [-0.39, 0.29) is 37.0 Å². The predicted octanol–water partition coefficient (Wildman–Crippen LogP) is 9.64. The lowest BCUT2D eigenvalue weighted by Crippen LogP contribution is -2.24. The zero-order valence-electron chi connectivity index (χ0n) is 35.5. The lowest BCUT2D eigenvalue weighted by atomic mass is 9.85. The summed E-state index contributed by atoms with van der Waals surface area (Å²) in [5.41, 5.74) is 7.93. The molecule has 0 saturated heterocycles. The van der Waals surface area contributed by atoms with Crippen LogP contribution in [-0.2, 0) is 41.5 Å². The van der Waals surface area contributed by atoms with Crippen molar-refractivity contribution < 1.29 is 61.2 Å². The van der Waals surface area contributed by atoms with Gasteiger partial charge < -0.3 is 38.5 Å². The minimum absolute atomic E-state index is 0.0259. The molecule has 2 aliphatic rings. The van der Waals surface area contributed by atoms with Crippen LogP contribution < -0.4 is 14.2 Å². The van der Waals surface area contributed by atoms with Crippen LogP contribution in [0.1, 0.15) is 64.5 Å². The van der Waals surface area contributed by atoms with E-state index in [1.807, 2.05) is 20.8 Å². The van der Waals surface area contributed by atoms with Gasteiger partial charge in [0.2, 0.25) is 0 Å². The number of methoxy groups -OCH3 is 2. The number of carbonyl (C=O) groups excluding carboxylic acids is 2. The Labute approximate surface area is 353 Å². The van der Waals surface area contributed by atoms with E-state index < -0.39 is 23.7 Å². The van der Waals surface area contributed by atoms with Crippen LogP contribution in [0.2, 0.25) is 0 Å². The number of phenols is 1. The van der Waals surface area contributed by atoms with Crippen LogP contribution in [0, 0.1) is 0 Å². The summed E-state index contributed by atoms with van der Waals surface area (Å²) < 4.78 is 66.0. The van der Waals surface area contributed by atoms with E-state index >= 15 is 0 Å². The van der Waals surface area contributed by atoms with E-state index in [1.165, 1.54) is 51.2 Å². The quantitative estimate of drug-likeness (QED) is 0.0680. The number of benzene rings is 3. The first kappa shape index (κ1) is 47.2. The van der Waals surface area contributed by atoms with Crippen LogP contribution in [0.4, 0.5) is 13.2 Å². The number of phenolic OH excluding ortho intramolecular Hbond substituents is 1. The first-order chi connectivity index (χ1) is 29.1. The second-order valence-electron chi connectivity index (χ2n) is 14.3. The molecule has 0 heterocycles. The van der Waals surface area contributed by atoms with Crippen molar-refractivity contribution in [1.82, 2.24) is 0 Å². The van der Waals surface area contributed by atoms with Crippen LogP contribution in [0.25, 0.3) is 0 Å². The van der Waals surface area contributed by atoms with E-state index in [1.54, 1.807) is 54.6 Å². The van der Waals surface area contributed by atoms with Crippen molar-refractivity contribution in [3.05, 3.63) is 129 Å². The van der Waals surface area contributed by atoms with Crippen molar-refractivity contribution in [2.24, 2.45) is 10.3 Å². The number of halogens is 3. The average Bonchev–Trinajstić information content (AvgIpc) is 3.24. The molecule has 15 heteroatoms. The average molecular weight is 849 g/mol. The van der Waals surface area contributed by atoms with Crippen LogP contribution in [0.5, 0.6) is 23.0 Å². The van der Waals surface area contributed by atoms with Gasteiger partial charge in [-0.15, -0.1) is 0 Å². The molecule has 0 bridgehead atoms. The monoisotopic (exact) mass is 848 g/mol. The Balaban J connectivity index is 0.000000287. The van der Waals surface area contributed by atoms with E-state index in [0.29, 0.717) is 54.1 Å². The van der Waals surface area contributed by atoms with Gasteiger partial charge in [0.25, 0.3) is 0 Å². The van der Waals surface area contributed by atoms with E-state index in [4.69, 9.17) is 33.4 Å². The van der Waals surface area contributed by atoms with Gasteiger partial charge in [-0.2, -0.15) is 13.2 Å². The first-order valence-corrected chi connectivity index (χ1v) is 19.1. The first-order valence-electron chi connectivity index (χ1n) is 19.1. The minimum Gasteiger partial charge on any atom is -0.508 e. The molecule has 3 aromatic rings. The molecule has 0 spiro atoms. The van der Waals surface area contributed by atoms with Crippen molar-refractivity contribution in [2.75, 3.05) is 41.7 Å². The highest BCUT2D eigenvalue weighted by Gasteiger charge is 2.31. The van der Waals surface area contributed by atoms with Gasteiger partial charge in [0, 0.05) is 12.1 Å². The highest BCUT2D eigenvalue weighted by Crippen LogP contribution is 2.34. The summed E-state index contributed by atoms with van der Waals surface area (Å²) in [5, 5.41) is 17.3. The van der Waals surface area contributed by atoms with Crippen LogP contribution >= 0.6 is 0 Å². The van der Waals surface area contributed by atoms with Crippen molar-refractivity contribution >= 4 is 23.4 Å². The highest BCUT2D eigenvalue weighted by atomic mass is 19.4. The molecule has 0 unspecified atom stereocenters. The number of oxime groups is 2. The fourth-order valence-electron chi connectivity index (χ4n) is 6.40. The molecular formula is C46H51F3N2O10. The topological polar surface area (TPSA) is 144 Å². The normalized spacial score (nSPS) is 14.9. The SMILES string of the molecule is CO/N=C(/C(=O)OC)C1=C(COc2cccc(O)c2)CC(C)=C(C)C1.CO/N=C(/C(=O)OC)C1=C(COc2cccc(OCc3cccc(C(F)(F)F)c3)c2)CC(C)=C(C)C1. The van der Waals surface area contributed by atoms with Crippen LogP contribution in [-0.4, -0.2) is 70.1 Å². The number of esters is 2. The molecule has 12 nitrogen and oxygen atoms in total. The number of nitrogens with zero attached hydrogens (tertiary/aromatic N) is 2. The lowest BCUT2D eigenvalue weighted by molar-refractivity contribution is -0.137. The van der Waals surface area contributed by atoms with E-state index in [0.717, 1.165) is 34.4 Å². The van der Waals surface area contributed by atoms with Gasteiger partial charge in [-0.25, -0.2) is 9.59 Å². The molecule has 0 amide bonds. The third-order valence-electron chi connectivity index (χ3n) is 9.96. The summed E-state index contributed by atoms with van der Waals surface area (Å²) in [5.74, 6) is 0.514. The van der Waals surface area contributed by atoms with E-state index in [2.05, 4.69) is 17.2 Å². The molecule has 326 valence electrons. The molecule has 1 N–H and O–H groups in total. The number of rotatable bonds is 15. The molecule has 0 aliphatic heterocycles. The van der Waals surface area contributed by atoms with Gasteiger partial charge in [-0.1, -0.05) is 56.9 Å². The number of allylic oxidation sites excluding steroid dienone is 4. The number of hydrogen-bond acceptors (Lipinski definition) is 12. The Morgan fingerprint density at radius 2 is 1.02 bits per heavy atom. The summed E-state index contributed by atoms with van der Waals surface area (Å²) in [6, 6.07) is 18.4. The number of alkyl halides is 3. The fraction of sp³-hybridized carbons (Fsp3) is 0.348. The highest BCUT2D eigenvalue weighted by molar-refractivity contribution is 6.43. The standard InChI is InChI=1S/C27H28F3NO5.C19H23NO5/c1-17-11-20(24(12-18(17)2)25(31-34-4)26(32)33-3)16-36-23-10-6-9-22(14-23)35-15-19-7-5-8-21(13-19)27(28,29)30;1-12-8-14(11-25-16-7-5-6-15(21)10-16)17(9-13(12)2)18(20-24-4)19(22)23-3/h5-10,13-14H,11-12,15-16H2,1-4H3;5-7,10,21H,8-9,11H2,1-4H3/b31-25+;20-18+. The summed E-state index contributed by atoms with van der Waals surface area (Å²) in [6.07, 6.45) is -2.03. The third kappa shape index (κ3) is 13.5. The van der Waals surface area contributed by atoms with E-state index in [9.17, 15) is 27.9 Å². The second kappa shape index (κ2) is 22.2. The Morgan fingerprint density at radius 3 is 1.46 bits per heavy atom. The number of ether oxygens (including phenoxy) is 5. The predicted molar refractivity (Wildman–Crippen MR) is 224 cm³/mol. The molecule has 0 atom stereocenters. The molecule has 61 heavy (non-hydrogen) atoms. The molecule has 2 aliphatic carbocycles. The molecule has 0 radical (unpaired) electrons. The van der Waals surface area contributed by atoms with Gasteiger partial charge in [0.1, 0.15) is 57.0 Å². The van der Waals surface area contributed by atoms with Gasteiger partial charge in [0.15, 0.2) is 11.4 Å². The van der Waals surface area contributed by atoms with Crippen LogP contribution in [0.15, 0.2) is 128 Å². The van der Waals surface area contributed by atoms with Gasteiger partial charge in [0.05, 0.1) is 19.8 Å². The maximum Gasteiger partial charge on any atom is 0.416 e. The zero-order valence-corrected chi connectivity index (χ0v) is 35.5. The largest absolute Gasteiger partial charge is 0.508 e. The summed E-state index contributed by atoms with van der Waals surface area (Å²) in [4.78, 5) is 34.1. The van der Waals surface area contributed by atoms with Gasteiger partial charge >= 0.3 is 18.1 Å². The molecule has 5 rings (SSSR count). The smallest absolute Gasteiger partial charge is 0.416 e. The van der Waals surface area contributed by atoms with Gasteiger partial charge in [-0.3, -0.25) is 0 Å². The Kier molecular flexibility index (Phi) is 17.2. The van der Waals surface area contributed by atoms with Gasteiger partial charge in [-0.05, 0) is 118 Å². The maximum absolute atomic E-state index is 12.9. The molecule has 0 fully saturated rings. The minimum atomic E-state index is -4.41. The molecule has 0 aromatic heterocycles. The number of carbonyl (C=O) groups is 2. The molecule has 0 saturated carbocycles. The Hall–Kier alpha value is -6.51. The Morgan fingerprint density at radius 1 is 0.590 bits per heavy atom. The Bertz CT molecular complexity index is 2250. The van der Waals surface area contributed by atoms with Crippen molar-refractivity contribution in [3.63, 3.8) is 0 Å². The van der Waals surface area contributed by atoms with Crippen LogP contribution in [0.3, 0.4) is 0 Å². The summed E-state index contributed by atoms with van der Waals surface area (Å²) in [6.45, 7) is 8.57.